The van der Waals surface area contributed by atoms with E-state index in [0.29, 0.717) is 0 Å². The minimum absolute atomic E-state index is 0.222. The van der Waals surface area contributed by atoms with Gasteiger partial charge in [-0.25, -0.2) is 4.39 Å². The molecule has 2 aromatic carbocycles. The minimum Gasteiger partial charge on any atom is -0.310 e. The molecule has 0 aliphatic heterocycles. The predicted molar refractivity (Wildman–Crippen MR) is 78.9 cm³/mol. The molecule has 0 radical (unpaired) electrons. The van der Waals surface area contributed by atoms with Gasteiger partial charge in [0.25, 0.3) is 0 Å². The highest BCUT2D eigenvalue weighted by Gasteiger charge is 2.09. The summed E-state index contributed by atoms with van der Waals surface area (Å²) in [6, 6.07) is 12.6. The maximum Gasteiger partial charge on any atom is 0.123 e. The number of benzene rings is 2. The molecule has 0 aromatic heterocycles. The van der Waals surface area contributed by atoms with E-state index < -0.39 is 0 Å². The maximum atomic E-state index is 12.9. The lowest BCUT2D eigenvalue weighted by Crippen LogP contribution is -2.17. The van der Waals surface area contributed by atoms with Crippen molar-refractivity contribution in [3.8, 4) is 11.1 Å². The smallest absolute Gasteiger partial charge is 0.123 e. The Morgan fingerprint density at radius 2 is 1.74 bits per heavy atom. The van der Waals surface area contributed by atoms with E-state index in [-0.39, 0.29) is 11.9 Å². The molecule has 0 aliphatic carbocycles. The van der Waals surface area contributed by atoms with Crippen molar-refractivity contribution in [3.63, 3.8) is 0 Å². The summed E-state index contributed by atoms with van der Waals surface area (Å²) in [4.78, 5) is 0. The van der Waals surface area contributed by atoms with E-state index in [2.05, 4.69) is 19.2 Å². The van der Waals surface area contributed by atoms with Crippen molar-refractivity contribution in [1.29, 1.82) is 0 Å². The molecule has 0 fully saturated rings. The summed E-state index contributed by atoms with van der Waals surface area (Å²) < 4.78 is 12.9. The molecule has 0 saturated heterocycles. The van der Waals surface area contributed by atoms with Gasteiger partial charge in [-0.2, -0.15) is 0 Å². The van der Waals surface area contributed by atoms with Crippen LogP contribution < -0.4 is 5.32 Å². The van der Waals surface area contributed by atoms with Gasteiger partial charge in [-0.15, -0.1) is 0 Å². The molecule has 0 amide bonds. The molecule has 1 unspecified atom stereocenters. The number of rotatable bonds is 4. The Morgan fingerprint density at radius 3 is 2.32 bits per heavy atom. The first kappa shape index (κ1) is 14.0. The van der Waals surface area contributed by atoms with E-state index >= 15 is 0 Å². The van der Waals surface area contributed by atoms with E-state index in [4.69, 9.17) is 11.6 Å². The summed E-state index contributed by atoms with van der Waals surface area (Å²) in [5, 5.41) is 4.07. The fourth-order valence-corrected chi connectivity index (χ4v) is 2.46. The Morgan fingerprint density at radius 1 is 1.11 bits per heavy atom. The SMILES string of the molecule is CCNC(C)c1ccc(-c2ccc(F)cc2)cc1Cl. The van der Waals surface area contributed by atoms with Crippen LogP contribution in [0.15, 0.2) is 42.5 Å². The van der Waals surface area contributed by atoms with E-state index in [0.717, 1.165) is 28.3 Å². The standard InChI is InChI=1S/C16H17ClFN/c1-3-19-11(2)15-9-6-13(10-16(15)17)12-4-7-14(18)8-5-12/h4-11,19H,3H2,1-2H3. The minimum atomic E-state index is -0.229. The molecule has 100 valence electrons. The van der Waals surface area contributed by atoms with Crippen LogP contribution in [0.25, 0.3) is 11.1 Å². The Balaban J connectivity index is 2.30. The van der Waals surface area contributed by atoms with Gasteiger partial charge in [0, 0.05) is 11.1 Å². The van der Waals surface area contributed by atoms with Gasteiger partial charge in [-0.3, -0.25) is 0 Å². The van der Waals surface area contributed by atoms with Crippen LogP contribution in [0.4, 0.5) is 4.39 Å². The molecular weight excluding hydrogens is 261 g/mol. The topological polar surface area (TPSA) is 12.0 Å². The van der Waals surface area contributed by atoms with E-state index in [1.165, 1.54) is 12.1 Å². The van der Waals surface area contributed by atoms with Crippen LogP contribution in [0.5, 0.6) is 0 Å². The van der Waals surface area contributed by atoms with Crippen molar-refractivity contribution in [2.24, 2.45) is 0 Å². The summed E-state index contributed by atoms with van der Waals surface area (Å²) in [6.45, 7) is 5.05. The first-order valence-corrected chi connectivity index (χ1v) is 6.78. The zero-order chi connectivity index (χ0) is 13.8. The number of halogens is 2. The molecule has 0 saturated carbocycles. The first-order valence-electron chi connectivity index (χ1n) is 6.40. The molecule has 0 heterocycles. The van der Waals surface area contributed by atoms with Crippen molar-refractivity contribution >= 4 is 11.6 Å². The summed E-state index contributed by atoms with van der Waals surface area (Å²) in [5.41, 5.74) is 3.04. The first-order chi connectivity index (χ1) is 9.11. The molecule has 2 aromatic rings. The van der Waals surface area contributed by atoms with Crippen LogP contribution in [0, 0.1) is 5.82 Å². The van der Waals surface area contributed by atoms with E-state index in [1.54, 1.807) is 12.1 Å². The van der Waals surface area contributed by atoms with Crippen LogP contribution in [-0.4, -0.2) is 6.54 Å². The van der Waals surface area contributed by atoms with Crippen LogP contribution in [0.2, 0.25) is 5.02 Å². The van der Waals surface area contributed by atoms with Gasteiger partial charge in [0.15, 0.2) is 0 Å². The lowest BCUT2D eigenvalue weighted by Gasteiger charge is -2.15. The number of hydrogen-bond donors (Lipinski definition) is 1. The second kappa shape index (κ2) is 6.18. The molecule has 0 spiro atoms. The summed E-state index contributed by atoms with van der Waals surface area (Å²) in [7, 11) is 0. The van der Waals surface area contributed by atoms with Crippen LogP contribution in [-0.2, 0) is 0 Å². The molecule has 19 heavy (non-hydrogen) atoms. The highest BCUT2D eigenvalue weighted by atomic mass is 35.5. The fourth-order valence-electron chi connectivity index (χ4n) is 2.12. The average molecular weight is 278 g/mol. The molecule has 1 atom stereocenters. The average Bonchev–Trinajstić information content (AvgIpc) is 2.39. The van der Waals surface area contributed by atoms with Gasteiger partial charge in [-0.1, -0.05) is 42.8 Å². The van der Waals surface area contributed by atoms with E-state index in [9.17, 15) is 4.39 Å². The third-order valence-corrected chi connectivity index (χ3v) is 3.48. The van der Waals surface area contributed by atoms with Crippen molar-refractivity contribution in [2.75, 3.05) is 6.54 Å². The van der Waals surface area contributed by atoms with Crippen molar-refractivity contribution in [2.45, 2.75) is 19.9 Å². The Labute approximate surface area is 118 Å². The van der Waals surface area contributed by atoms with Gasteiger partial charge in [0.05, 0.1) is 0 Å². The van der Waals surface area contributed by atoms with Gasteiger partial charge < -0.3 is 5.32 Å². The maximum absolute atomic E-state index is 12.9. The summed E-state index contributed by atoms with van der Waals surface area (Å²) in [5.74, 6) is -0.229. The summed E-state index contributed by atoms with van der Waals surface area (Å²) in [6.07, 6.45) is 0. The Kier molecular flexibility index (Phi) is 4.56. The third-order valence-electron chi connectivity index (χ3n) is 3.15. The van der Waals surface area contributed by atoms with Gasteiger partial charge in [-0.05, 0) is 48.4 Å². The number of nitrogens with one attached hydrogen (secondary N) is 1. The highest BCUT2D eigenvalue weighted by molar-refractivity contribution is 6.31. The Hall–Kier alpha value is -1.38. The molecular formula is C16H17ClFN. The molecule has 3 heteroatoms. The highest BCUT2D eigenvalue weighted by Crippen LogP contribution is 2.29. The molecule has 2 rings (SSSR count). The lowest BCUT2D eigenvalue weighted by atomic mass is 10.0. The van der Waals surface area contributed by atoms with Gasteiger partial charge in [0.2, 0.25) is 0 Å². The lowest BCUT2D eigenvalue weighted by molar-refractivity contribution is 0.598. The van der Waals surface area contributed by atoms with E-state index in [1.807, 2.05) is 18.2 Å². The quantitative estimate of drug-likeness (QED) is 0.845. The molecule has 1 nitrogen and oxygen atoms in total. The van der Waals surface area contributed by atoms with Gasteiger partial charge in [0.1, 0.15) is 5.82 Å². The van der Waals surface area contributed by atoms with Crippen molar-refractivity contribution in [1.82, 2.24) is 5.32 Å². The zero-order valence-corrected chi connectivity index (χ0v) is 11.8. The number of hydrogen-bond acceptors (Lipinski definition) is 1. The zero-order valence-electron chi connectivity index (χ0n) is 11.1. The van der Waals surface area contributed by atoms with Crippen LogP contribution >= 0.6 is 11.6 Å². The third kappa shape index (κ3) is 3.34. The van der Waals surface area contributed by atoms with Crippen LogP contribution in [0.1, 0.15) is 25.5 Å². The largest absolute Gasteiger partial charge is 0.310 e. The normalized spacial score (nSPS) is 12.4. The predicted octanol–water partition coefficient (Wildman–Crippen LogP) is 4.82. The monoisotopic (exact) mass is 277 g/mol. The summed E-state index contributed by atoms with van der Waals surface area (Å²) >= 11 is 6.33. The fraction of sp³-hybridized carbons (Fsp3) is 0.250. The van der Waals surface area contributed by atoms with Crippen molar-refractivity contribution in [3.05, 3.63) is 58.9 Å². The molecule has 0 aliphatic rings. The molecule has 0 bridgehead atoms. The Bertz CT molecular complexity index is 551. The second-order valence-electron chi connectivity index (χ2n) is 4.52. The van der Waals surface area contributed by atoms with Crippen LogP contribution in [0.3, 0.4) is 0 Å². The van der Waals surface area contributed by atoms with Gasteiger partial charge >= 0.3 is 0 Å². The van der Waals surface area contributed by atoms with Crippen molar-refractivity contribution < 1.29 is 4.39 Å². The second-order valence-corrected chi connectivity index (χ2v) is 4.93. The molecule has 1 N–H and O–H groups in total.